The third kappa shape index (κ3) is 2.79. The zero-order chi connectivity index (χ0) is 17.6. The average Bonchev–Trinajstić information content (AvgIpc) is 3.16. The maximum Gasteiger partial charge on any atom is 0.290 e. The molecule has 0 bridgehead atoms. The lowest BCUT2D eigenvalue weighted by molar-refractivity contribution is 0.0941. The number of nitrogens with one attached hydrogen (secondary N) is 1. The molecule has 0 saturated heterocycles. The summed E-state index contributed by atoms with van der Waals surface area (Å²) < 4.78 is 1.68. The Morgan fingerprint density at radius 2 is 2.28 bits per heavy atom. The second-order valence-electron chi connectivity index (χ2n) is 6.69. The van der Waals surface area contributed by atoms with Crippen molar-refractivity contribution in [2.24, 2.45) is 5.92 Å². The summed E-state index contributed by atoms with van der Waals surface area (Å²) in [4.78, 5) is 23.9. The van der Waals surface area contributed by atoms with Crippen molar-refractivity contribution in [3.8, 4) is 0 Å². The molecule has 2 N–H and O–H groups in total. The van der Waals surface area contributed by atoms with Crippen LogP contribution in [0.2, 0.25) is 0 Å². The van der Waals surface area contributed by atoms with E-state index < -0.39 is 0 Å². The number of aryl methyl sites for hydroxylation is 2. The topological polar surface area (TPSA) is 92.4 Å². The van der Waals surface area contributed by atoms with Crippen LogP contribution >= 0.6 is 11.3 Å². The molecule has 0 saturated carbocycles. The Morgan fingerprint density at radius 1 is 1.44 bits per heavy atom. The predicted octanol–water partition coefficient (Wildman–Crippen LogP) is 1.88. The molecule has 3 aromatic rings. The molecule has 7 nitrogen and oxygen atoms in total. The summed E-state index contributed by atoms with van der Waals surface area (Å²) in [5, 5.41) is 17.0. The monoisotopic (exact) mass is 359 g/mol. The van der Waals surface area contributed by atoms with Crippen LogP contribution in [0.5, 0.6) is 0 Å². The standard InChI is InChI=1S/C17H21N5O2S/c1-9-4-5-12-11(8-9)13-15-20-14(16(24)18-6-3-7-23)21-22(15)10(2)19-17(13)25-12/h9,23H,3-8H2,1-2H3,(H,18,24)/t9-/m0/s1. The van der Waals surface area contributed by atoms with E-state index in [2.05, 4.69) is 22.3 Å². The third-order valence-corrected chi connectivity index (χ3v) is 5.90. The molecule has 1 atom stereocenters. The minimum Gasteiger partial charge on any atom is -0.396 e. The Hall–Kier alpha value is -2.06. The molecule has 0 aliphatic heterocycles. The SMILES string of the molecule is Cc1nc2sc3c(c2c2nc(C(=O)NCCCO)nn12)C[C@@H](C)CC3. The van der Waals surface area contributed by atoms with E-state index in [-0.39, 0.29) is 18.3 Å². The number of thiophene rings is 1. The molecule has 3 heterocycles. The highest BCUT2D eigenvalue weighted by atomic mass is 32.1. The number of amides is 1. The molecule has 132 valence electrons. The number of rotatable bonds is 4. The van der Waals surface area contributed by atoms with E-state index in [4.69, 9.17) is 10.1 Å². The van der Waals surface area contributed by atoms with Crippen LogP contribution in [-0.2, 0) is 12.8 Å². The number of aliphatic hydroxyl groups is 1. The Bertz CT molecular complexity index is 961. The fraction of sp³-hybridized carbons (Fsp3) is 0.529. The number of carbonyl (C=O) groups excluding carboxylic acids is 1. The molecule has 1 aliphatic carbocycles. The van der Waals surface area contributed by atoms with Crippen LogP contribution in [0.4, 0.5) is 0 Å². The first kappa shape index (κ1) is 16.4. The number of hydrogen-bond acceptors (Lipinski definition) is 6. The first-order valence-electron chi connectivity index (χ1n) is 8.65. The van der Waals surface area contributed by atoms with Crippen LogP contribution in [0.15, 0.2) is 0 Å². The molecule has 1 amide bonds. The van der Waals surface area contributed by atoms with Gasteiger partial charge in [-0.1, -0.05) is 6.92 Å². The fourth-order valence-corrected chi connectivity index (χ4v) is 4.66. The molecular weight excluding hydrogens is 338 g/mol. The average molecular weight is 359 g/mol. The first-order chi connectivity index (χ1) is 12.1. The van der Waals surface area contributed by atoms with Gasteiger partial charge in [0, 0.05) is 18.0 Å². The zero-order valence-corrected chi connectivity index (χ0v) is 15.2. The van der Waals surface area contributed by atoms with Gasteiger partial charge in [-0.3, -0.25) is 4.79 Å². The first-order valence-corrected chi connectivity index (χ1v) is 9.46. The number of fused-ring (bicyclic) bond motifs is 5. The highest BCUT2D eigenvalue weighted by Crippen LogP contribution is 2.38. The molecule has 1 aliphatic rings. The minimum atomic E-state index is -0.317. The van der Waals surface area contributed by atoms with Crippen molar-refractivity contribution in [1.29, 1.82) is 0 Å². The number of hydrogen-bond donors (Lipinski definition) is 2. The van der Waals surface area contributed by atoms with Crippen molar-refractivity contribution in [3.05, 3.63) is 22.1 Å². The number of nitrogens with zero attached hydrogens (tertiary/aromatic N) is 4. The molecule has 25 heavy (non-hydrogen) atoms. The second-order valence-corrected chi connectivity index (χ2v) is 7.78. The summed E-state index contributed by atoms with van der Waals surface area (Å²) >= 11 is 1.74. The van der Waals surface area contributed by atoms with E-state index in [9.17, 15) is 4.79 Å². The van der Waals surface area contributed by atoms with Gasteiger partial charge in [-0.05, 0) is 44.1 Å². The molecule has 0 spiro atoms. The van der Waals surface area contributed by atoms with Gasteiger partial charge < -0.3 is 10.4 Å². The molecular formula is C17H21N5O2S. The van der Waals surface area contributed by atoms with Gasteiger partial charge in [0.2, 0.25) is 5.82 Å². The highest BCUT2D eigenvalue weighted by molar-refractivity contribution is 7.19. The normalized spacial score (nSPS) is 17.2. The summed E-state index contributed by atoms with van der Waals surface area (Å²) in [7, 11) is 0. The smallest absolute Gasteiger partial charge is 0.290 e. The van der Waals surface area contributed by atoms with E-state index in [1.165, 1.54) is 16.9 Å². The van der Waals surface area contributed by atoms with Crippen molar-refractivity contribution in [1.82, 2.24) is 24.9 Å². The molecule has 0 aromatic carbocycles. The summed E-state index contributed by atoms with van der Waals surface area (Å²) in [6.45, 7) is 4.61. The van der Waals surface area contributed by atoms with Gasteiger partial charge in [0.1, 0.15) is 10.7 Å². The van der Waals surface area contributed by atoms with Crippen LogP contribution in [-0.4, -0.2) is 43.7 Å². The third-order valence-electron chi connectivity index (χ3n) is 4.71. The molecule has 8 heteroatoms. The Balaban J connectivity index is 1.83. The van der Waals surface area contributed by atoms with Gasteiger partial charge in [0.15, 0.2) is 5.65 Å². The van der Waals surface area contributed by atoms with E-state index in [0.717, 1.165) is 34.5 Å². The van der Waals surface area contributed by atoms with Crippen molar-refractivity contribution >= 4 is 33.1 Å². The lowest BCUT2D eigenvalue weighted by Gasteiger charge is -2.17. The minimum absolute atomic E-state index is 0.0434. The molecule has 0 unspecified atom stereocenters. The van der Waals surface area contributed by atoms with Gasteiger partial charge in [-0.15, -0.1) is 16.4 Å². The lowest BCUT2D eigenvalue weighted by Crippen LogP contribution is -2.26. The predicted molar refractivity (Wildman–Crippen MR) is 96.1 cm³/mol. The molecule has 0 fully saturated rings. The lowest BCUT2D eigenvalue weighted by atomic mass is 9.89. The summed E-state index contributed by atoms with van der Waals surface area (Å²) in [5.41, 5.74) is 2.05. The number of aromatic nitrogens is 4. The Morgan fingerprint density at radius 3 is 3.08 bits per heavy atom. The van der Waals surface area contributed by atoms with Crippen LogP contribution in [0.1, 0.15) is 46.6 Å². The van der Waals surface area contributed by atoms with Crippen molar-refractivity contribution in [2.75, 3.05) is 13.2 Å². The number of aliphatic hydroxyl groups excluding tert-OH is 1. The quantitative estimate of drug-likeness (QED) is 0.694. The highest BCUT2D eigenvalue weighted by Gasteiger charge is 2.25. The van der Waals surface area contributed by atoms with Crippen molar-refractivity contribution in [3.63, 3.8) is 0 Å². The largest absolute Gasteiger partial charge is 0.396 e. The van der Waals surface area contributed by atoms with Crippen LogP contribution in [0, 0.1) is 12.8 Å². The van der Waals surface area contributed by atoms with E-state index in [0.29, 0.717) is 18.9 Å². The van der Waals surface area contributed by atoms with Crippen LogP contribution in [0.25, 0.3) is 15.9 Å². The van der Waals surface area contributed by atoms with Gasteiger partial charge in [0.05, 0.1) is 5.39 Å². The van der Waals surface area contributed by atoms with Crippen LogP contribution < -0.4 is 5.32 Å². The zero-order valence-electron chi connectivity index (χ0n) is 14.4. The fourth-order valence-electron chi connectivity index (χ4n) is 3.40. The Kier molecular flexibility index (Phi) is 4.16. The molecule has 0 radical (unpaired) electrons. The second kappa shape index (κ2) is 6.34. The van der Waals surface area contributed by atoms with Crippen LogP contribution in [0.3, 0.4) is 0 Å². The van der Waals surface area contributed by atoms with Gasteiger partial charge in [0.25, 0.3) is 5.91 Å². The summed E-state index contributed by atoms with van der Waals surface area (Å²) in [6.07, 6.45) is 3.84. The van der Waals surface area contributed by atoms with Gasteiger partial charge in [-0.25, -0.2) is 9.97 Å². The van der Waals surface area contributed by atoms with Gasteiger partial charge >= 0.3 is 0 Å². The van der Waals surface area contributed by atoms with Gasteiger partial charge in [-0.2, -0.15) is 4.52 Å². The maximum atomic E-state index is 12.3. The van der Waals surface area contributed by atoms with Crippen molar-refractivity contribution in [2.45, 2.75) is 39.5 Å². The maximum absolute atomic E-state index is 12.3. The van der Waals surface area contributed by atoms with E-state index in [1.807, 2.05) is 6.92 Å². The summed E-state index contributed by atoms with van der Waals surface area (Å²) in [6, 6.07) is 0. The van der Waals surface area contributed by atoms with E-state index in [1.54, 1.807) is 15.9 Å². The summed E-state index contributed by atoms with van der Waals surface area (Å²) in [5.74, 6) is 1.22. The Labute approximate surface area is 149 Å². The van der Waals surface area contributed by atoms with Crippen molar-refractivity contribution < 1.29 is 9.90 Å². The molecule has 3 aromatic heterocycles. The van der Waals surface area contributed by atoms with E-state index >= 15 is 0 Å². The molecule has 4 rings (SSSR count). The number of carbonyl (C=O) groups is 1.